The lowest BCUT2D eigenvalue weighted by Crippen LogP contribution is -2.35. The molecular formula is C17H16ClNO3. The molecule has 2 aromatic rings. The van der Waals surface area contributed by atoms with E-state index < -0.39 is 0 Å². The molecule has 5 heteroatoms. The van der Waals surface area contributed by atoms with Gasteiger partial charge in [0, 0.05) is 17.0 Å². The SMILES string of the molecule is O=C(COc1cccc(Cl)c1)N[C@@H]1CCOc2ccccc21. The van der Waals surface area contributed by atoms with E-state index in [1.165, 1.54) is 0 Å². The molecule has 0 bridgehead atoms. The highest BCUT2D eigenvalue weighted by atomic mass is 35.5. The molecule has 3 rings (SSSR count). The van der Waals surface area contributed by atoms with Gasteiger partial charge in [0.25, 0.3) is 5.91 Å². The summed E-state index contributed by atoms with van der Waals surface area (Å²) in [4.78, 5) is 12.1. The molecule has 1 aliphatic rings. The van der Waals surface area contributed by atoms with Gasteiger partial charge in [0.15, 0.2) is 6.61 Å². The van der Waals surface area contributed by atoms with Crippen molar-refractivity contribution in [2.75, 3.05) is 13.2 Å². The molecule has 0 radical (unpaired) electrons. The van der Waals surface area contributed by atoms with Gasteiger partial charge in [-0.2, -0.15) is 0 Å². The van der Waals surface area contributed by atoms with Crippen LogP contribution in [0.1, 0.15) is 18.0 Å². The summed E-state index contributed by atoms with van der Waals surface area (Å²) in [5.41, 5.74) is 1.00. The molecule has 114 valence electrons. The molecule has 0 saturated heterocycles. The number of hydrogen-bond donors (Lipinski definition) is 1. The summed E-state index contributed by atoms with van der Waals surface area (Å²) in [6, 6.07) is 14.7. The van der Waals surface area contributed by atoms with Crippen LogP contribution in [0.2, 0.25) is 5.02 Å². The van der Waals surface area contributed by atoms with E-state index in [1.807, 2.05) is 24.3 Å². The van der Waals surface area contributed by atoms with Crippen molar-refractivity contribution in [2.24, 2.45) is 0 Å². The van der Waals surface area contributed by atoms with Crippen LogP contribution in [0.25, 0.3) is 0 Å². The Morgan fingerprint density at radius 1 is 1.27 bits per heavy atom. The lowest BCUT2D eigenvalue weighted by molar-refractivity contribution is -0.124. The second kappa shape index (κ2) is 6.71. The standard InChI is InChI=1S/C17H16ClNO3/c18-12-4-3-5-13(10-12)22-11-17(20)19-15-8-9-21-16-7-2-1-6-14(15)16/h1-7,10,15H,8-9,11H2,(H,19,20)/t15-/m1/s1. The number of carbonyl (C=O) groups excluding carboxylic acids is 1. The van der Waals surface area contributed by atoms with Crippen LogP contribution < -0.4 is 14.8 Å². The molecule has 0 unspecified atom stereocenters. The molecule has 2 aromatic carbocycles. The zero-order valence-corrected chi connectivity index (χ0v) is 12.7. The number of halogens is 1. The maximum Gasteiger partial charge on any atom is 0.258 e. The highest BCUT2D eigenvalue weighted by molar-refractivity contribution is 6.30. The van der Waals surface area contributed by atoms with Gasteiger partial charge in [0.05, 0.1) is 12.6 Å². The molecule has 0 spiro atoms. The van der Waals surface area contributed by atoms with Crippen LogP contribution in [0.4, 0.5) is 0 Å². The monoisotopic (exact) mass is 317 g/mol. The molecule has 1 amide bonds. The highest BCUT2D eigenvalue weighted by Crippen LogP contribution is 2.31. The molecule has 0 fully saturated rings. The van der Waals surface area contributed by atoms with Crippen molar-refractivity contribution in [3.63, 3.8) is 0 Å². The van der Waals surface area contributed by atoms with E-state index in [1.54, 1.807) is 24.3 Å². The van der Waals surface area contributed by atoms with E-state index in [-0.39, 0.29) is 18.6 Å². The Morgan fingerprint density at radius 3 is 3.00 bits per heavy atom. The van der Waals surface area contributed by atoms with Crippen molar-refractivity contribution < 1.29 is 14.3 Å². The average molecular weight is 318 g/mol. The van der Waals surface area contributed by atoms with Gasteiger partial charge in [0.2, 0.25) is 0 Å². The maximum absolute atomic E-state index is 12.1. The van der Waals surface area contributed by atoms with Crippen LogP contribution in [-0.4, -0.2) is 19.1 Å². The quantitative estimate of drug-likeness (QED) is 0.940. The van der Waals surface area contributed by atoms with E-state index in [9.17, 15) is 4.79 Å². The number of hydrogen-bond acceptors (Lipinski definition) is 3. The lowest BCUT2D eigenvalue weighted by Gasteiger charge is -2.26. The van der Waals surface area contributed by atoms with E-state index in [0.717, 1.165) is 17.7 Å². The van der Waals surface area contributed by atoms with Crippen molar-refractivity contribution >= 4 is 17.5 Å². The Balaban J connectivity index is 1.59. The summed E-state index contributed by atoms with van der Waals surface area (Å²) >= 11 is 5.88. The summed E-state index contributed by atoms with van der Waals surface area (Å²) in [7, 11) is 0. The van der Waals surface area contributed by atoms with Gasteiger partial charge in [-0.15, -0.1) is 0 Å². The second-order valence-electron chi connectivity index (χ2n) is 5.04. The third kappa shape index (κ3) is 3.52. The van der Waals surface area contributed by atoms with Crippen molar-refractivity contribution in [1.82, 2.24) is 5.32 Å². The van der Waals surface area contributed by atoms with Crippen molar-refractivity contribution in [3.8, 4) is 11.5 Å². The Kier molecular flexibility index (Phi) is 4.49. The maximum atomic E-state index is 12.1. The first-order valence-electron chi connectivity index (χ1n) is 7.12. The van der Waals surface area contributed by atoms with Crippen LogP contribution >= 0.6 is 11.6 Å². The van der Waals surface area contributed by atoms with Gasteiger partial charge >= 0.3 is 0 Å². The minimum absolute atomic E-state index is 0.0413. The molecule has 1 heterocycles. The molecule has 22 heavy (non-hydrogen) atoms. The number of rotatable bonds is 4. The average Bonchev–Trinajstić information content (AvgIpc) is 2.53. The van der Waals surface area contributed by atoms with Gasteiger partial charge in [0.1, 0.15) is 11.5 Å². The number of fused-ring (bicyclic) bond motifs is 1. The Labute approximate surface area is 134 Å². The van der Waals surface area contributed by atoms with E-state index in [0.29, 0.717) is 17.4 Å². The smallest absolute Gasteiger partial charge is 0.258 e. The van der Waals surface area contributed by atoms with Crippen LogP contribution in [0.3, 0.4) is 0 Å². The van der Waals surface area contributed by atoms with Gasteiger partial charge in [-0.05, 0) is 24.3 Å². The fourth-order valence-electron chi connectivity index (χ4n) is 2.43. The number of ether oxygens (including phenoxy) is 2. The first kappa shape index (κ1) is 14.7. The molecule has 1 N–H and O–H groups in total. The molecule has 1 atom stereocenters. The van der Waals surface area contributed by atoms with Crippen LogP contribution in [0.15, 0.2) is 48.5 Å². The zero-order chi connectivity index (χ0) is 15.4. The van der Waals surface area contributed by atoms with Crippen LogP contribution in [-0.2, 0) is 4.79 Å². The molecule has 1 aliphatic heterocycles. The number of benzene rings is 2. The van der Waals surface area contributed by atoms with Gasteiger partial charge in [-0.1, -0.05) is 35.9 Å². The second-order valence-corrected chi connectivity index (χ2v) is 5.48. The van der Waals surface area contributed by atoms with Crippen molar-refractivity contribution in [3.05, 3.63) is 59.1 Å². The fraction of sp³-hybridized carbons (Fsp3) is 0.235. The van der Waals surface area contributed by atoms with E-state index in [4.69, 9.17) is 21.1 Å². The van der Waals surface area contributed by atoms with E-state index >= 15 is 0 Å². The largest absolute Gasteiger partial charge is 0.493 e. The predicted octanol–water partition coefficient (Wildman–Crippen LogP) is 3.36. The Morgan fingerprint density at radius 2 is 2.14 bits per heavy atom. The van der Waals surface area contributed by atoms with Gasteiger partial charge in [-0.25, -0.2) is 0 Å². The lowest BCUT2D eigenvalue weighted by atomic mass is 10.0. The first-order valence-corrected chi connectivity index (χ1v) is 7.49. The highest BCUT2D eigenvalue weighted by Gasteiger charge is 2.22. The van der Waals surface area contributed by atoms with Crippen LogP contribution in [0, 0.1) is 0 Å². The Bertz CT molecular complexity index is 674. The summed E-state index contributed by atoms with van der Waals surface area (Å²) in [5.74, 6) is 1.24. The fourth-order valence-corrected chi connectivity index (χ4v) is 2.61. The number of nitrogens with one attached hydrogen (secondary N) is 1. The predicted molar refractivity (Wildman–Crippen MR) is 84.4 cm³/mol. The van der Waals surface area contributed by atoms with Crippen molar-refractivity contribution in [2.45, 2.75) is 12.5 Å². The van der Waals surface area contributed by atoms with Gasteiger partial charge in [-0.3, -0.25) is 4.79 Å². The van der Waals surface area contributed by atoms with Gasteiger partial charge < -0.3 is 14.8 Å². The summed E-state index contributed by atoms with van der Waals surface area (Å²) in [6.07, 6.45) is 0.750. The minimum atomic E-state index is -0.165. The third-order valence-corrected chi connectivity index (χ3v) is 3.69. The first-order chi connectivity index (χ1) is 10.7. The minimum Gasteiger partial charge on any atom is -0.493 e. The molecule has 0 aliphatic carbocycles. The number of amides is 1. The third-order valence-electron chi connectivity index (χ3n) is 3.46. The topological polar surface area (TPSA) is 47.6 Å². The van der Waals surface area contributed by atoms with Crippen molar-refractivity contribution in [1.29, 1.82) is 0 Å². The summed E-state index contributed by atoms with van der Waals surface area (Å²) < 4.78 is 11.0. The number of carbonyl (C=O) groups is 1. The molecule has 4 nitrogen and oxygen atoms in total. The molecule has 0 saturated carbocycles. The van der Waals surface area contributed by atoms with E-state index in [2.05, 4.69) is 5.32 Å². The zero-order valence-electron chi connectivity index (χ0n) is 11.9. The van der Waals surface area contributed by atoms with Crippen LogP contribution in [0.5, 0.6) is 11.5 Å². The summed E-state index contributed by atoms with van der Waals surface area (Å²) in [6.45, 7) is 0.553. The summed E-state index contributed by atoms with van der Waals surface area (Å²) in [5, 5.41) is 3.56. The molecular weight excluding hydrogens is 302 g/mol. The number of para-hydroxylation sites is 1. The molecule has 0 aromatic heterocycles. The Hall–Kier alpha value is -2.20. The normalized spacial score (nSPS) is 16.3.